The molecule has 0 bridgehead atoms. The SMILES string of the molecule is COc1ncccc1Nc1cc2nc3ccccc3n(-c3cccc(OC(F)(F)F)c3)c-2cc1=NC1CCOCC1. The molecule has 2 aromatic carbocycles. The van der Waals surface area contributed by atoms with Crippen LogP contribution in [0.4, 0.5) is 24.5 Å². The quantitative estimate of drug-likeness (QED) is 0.247. The highest BCUT2D eigenvalue weighted by atomic mass is 19.4. The lowest BCUT2D eigenvalue weighted by Gasteiger charge is -2.22. The van der Waals surface area contributed by atoms with Crippen LogP contribution in [-0.2, 0) is 4.74 Å². The van der Waals surface area contributed by atoms with E-state index < -0.39 is 6.36 Å². The molecule has 1 saturated heterocycles. The van der Waals surface area contributed by atoms with E-state index in [1.54, 1.807) is 25.4 Å². The molecule has 2 aliphatic heterocycles. The van der Waals surface area contributed by atoms with E-state index in [-0.39, 0.29) is 11.8 Å². The van der Waals surface area contributed by atoms with E-state index in [0.29, 0.717) is 58.4 Å². The molecule has 0 spiro atoms. The van der Waals surface area contributed by atoms with Crippen LogP contribution in [0.2, 0.25) is 0 Å². The van der Waals surface area contributed by atoms with Crippen molar-refractivity contribution in [1.82, 2.24) is 14.5 Å². The summed E-state index contributed by atoms with van der Waals surface area (Å²) in [7, 11) is 1.55. The molecule has 6 rings (SSSR count). The fraction of sp³-hybridized carbons (Fsp3) is 0.233. The highest BCUT2D eigenvalue weighted by molar-refractivity contribution is 5.84. The van der Waals surface area contributed by atoms with Crippen molar-refractivity contribution in [3.63, 3.8) is 0 Å². The minimum absolute atomic E-state index is 0.0444. The summed E-state index contributed by atoms with van der Waals surface area (Å²) in [4.78, 5) is 14.3. The first-order valence-corrected chi connectivity index (χ1v) is 13.1. The summed E-state index contributed by atoms with van der Waals surface area (Å²) in [5, 5.41) is 4.08. The van der Waals surface area contributed by atoms with Gasteiger partial charge in [-0.15, -0.1) is 13.2 Å². The van der Waals surface area contributed by atoms with Crippen molar-refractivity contribution in [1.29, 1.82) is 0 Å². The maximum Gasteiger partial charge on any atom is 0.573 e. The summed E-state index contributed by atoms with van der Waals surface area (Å²) in [6.07, 6.45) is -1.61. The molecule has 3 heterocycles. The maximum atomic E-state index is 13.1. The van der Waals surface area contributed by atoms with Crippen molar-refractivity contribution in [3.05, 3.63) is 84.4 Å². The highest BCUT2D eigenvalue weighted by Crippen LogP contribution is 2.33. The van der Waals surface area contributed by atoms with Gasteiger partial charge >= 0.3 is 6.36 Å². The van der Waals surface area contributed by atoms with Gasteiger partial charge in [-0.1, -0.05) is 18.2 Å². The van der Waals surface area contributed by atoms with E-state index >= 15 is 0 Å². The Bertz CT molecular complexity index is 1730. The number of benzene rings is 3. The van der Waals surface area contributed by atoms with Gasteiger partial charge < -0.3 is 24.1 Å². The molecule has 0 unspecified atom stereocenters. The zero-order valence-corrected chi connectivity index (χ0v) is 22.1. The molecule has 0 amide bonds. The van der Waals surface area contributed by atoms with E-state index in [1.807, 2.05) is 47.0 Å². The molecule has 41 heavy (non-hydrogen) atoms. The van der Waals surface area contributed by atoms with Crippen LogP contribution >= 0.6 is 0 Å². The third-order valence-electron chi connectivity index (χ3n) is 6.75. The molecule has 0 radical (unpaired) electrons. The molecular weight excluding hydrogens is 535 g/mol. The first-order chi connectivity index (χ1) is 19.9. The van der Waals surface area contributed by atoms with Gasteiger partial charge in [-0.05, 0) is 61.4 Å². The third-order valence-corrected chi connectivity index (χ3v) is 6.75. The van der Waals surface area contributed by atoms with Crippen LogP contribution in [0.25, 0.3) is 28.1 Å². The molecule has 1 aliphatic carbocycles. The van der Waals surface area contributed by atoms with Gasteiger partial charge in [0, 0.05) is 31.2 Å². The summed E-state index contributed by atoms with van der Waals surface area (Å²) in [5.74, 6) is 0.109. The number of alkyl halides is 3. The lowest BCUT2D eigenvalue weighted by molar-refractivity contribution is -0.274. The van der Waals surface area contributed by atoms with E-state index in [9.17, 15) is 13.2 Å². The molecule has 1 N–H and O–H groups in total. The van der Waals surface area contributed by atoms with Crippen LogP contribution in [0.3, 0.4) is 0 Å². The molecule has 3 aliphatic rings. The Morgan fingerprint density at radius 2 is 1.80 bits per heavy atom. The smallest absolute Gasteiger partial charge is 0.480 e. The number of ether oxygens (including phenoxy) is 3. The van der Waals surface area contributed by atoms with E-state index in [0.717, 1.165) is 18.4 Å². The highest BCUT2D eigenvalue weighted by Gasteiger charge is 2.31. The second-order valence-electron chi connectivity index (χ2n) is 9.50. The monoisotopic (exact) mass is 561 g/mol. The van der Waals surface area contributed by atoms with Gasteiger partial charge in [0.1, 0.15) is 11.4 Å². The topological polar surface area (TPSA) is 82.8 Å². The average Bonchev–Trinajstić information content (AvgIpc) is 2.96. The van der Waals surface area contributed by atoms with Crippen molar-refractivity contribution in [2.45, 2.75) is 25.2 Å². The van der Waals surface area contributed by atoms with Crippen LogP contribution < -0.4 is 20.1 Å². The predicted octanol–water partition coefficient (Wildman–Crippen LogP) is 6.26. The molecule has 1 fully saturated rings. The number of methoxy groups -OCH3 is 1. The van der Waals surface area contributed by atoms with E-state index in [2.05, 4.69) is 15.0 Å². The third kappa shape index (κ3) is 5.80. The van der Waals surface area contributed by atoms with Crippen LogP contribution in [0, 0.1) is 0 Å². The van der Waals surface area contributed by atoms with Crippen LogP contribution in [0.15, 0.2) is 84.0 Å². The number of pyridine rings is 1. The van der Waals surface area contributed by atoms with Crippen molar-refractivity contribution in [2.75, 3.05) is 25.6 Å². The standard InChI is InChI=1S/C30H26F3N5O3/c1-39-29-23(9-5-13-34-29)37-24-17-26-28(18-25(24)35-19-11-14-40-15-12-19)38(27-10-3-2-8-22(27)36-26)20-6-4-7-21(16-20)41-30(31,32)33/h2-10,13,16-19,37H,11-12,14-15H2,1H3. The molecule has 3 aromatic rings. The van der Waals surface area contributed by atoms with Gasteiger partial charge in [0.15, 0.2) is 0 Å². The van der Waals surface area contributed by atoms with E-state index in [1.165, 1.54) is 18.2 Å². The number of hydrogen-bond donors (Lipinski definition) is 1. The number of halogens is 3. The number of rotatable bonds is 6. The van der Waals surface area contributed by atoms with Crippen LogP contribution in [0.1, 0.15) is 12.8 Å². The van der Waals surface area contributed by atoms with Gasteiger partial charge in [-0.2, -0.15) is 0 Å². The Balaban J connectivity index is 1.60. The number of para-hydroxylation sites is 2. The minimum Gasteiger partial charge on any atom is -0.480 e. The van der Waals surface area contributed by atoms with E-state index in [4.69, 9.17) is 19.5 Å². The summed E-state index contributed by atoms with van der Waals surface area (Å²) in [6, 6.07) is 20.9. The molecule has 0 atom stereocenters. The Labute approximate surface area is 233 Å². The molecule has 11 heteroatoms. The normalized spacial score (nSPS) is 14.9. The summed E-state index contributed by atoms with van der Waals surface area (Å²) < 4.78 is 56.2. The Morgan fingerprint density at radius 3 is 2.61 bits per heavy atom. The summed E-state index contributed by atoms with van der Waals surface area (Å²) >= 11 is 0. The van der Waals surface area contributed by atoms with Gasteiger partial charge in [0.05, 0.1) is 46.6 Å². The Hall–Kier alpha value is -4.64. The number of fused-ring (bicyclic) bond motifs is 2. The van der Waals surface area contributed by atoms with Crippen molar-refractivity contribution >= 4 is 22.4 Å². The molecule has 210 valence electrons. The Morgan fingerprint density at radius 1 is 0.976 bits per heavy atom. The molecular formula is C30H26F3N5O3. The van der Waals surface area contributed by atoms with Crippen molar-refractivity contribution in [2.24, 2.45) is 4.99 Å². The maximum absolute atomic E-state index is 13.1. The second kappa shape index (κ2) is 11.1. The van der Waals surface area contributed by atoms with Crippen molar-refractivity contribution in [3.8, 4) is 28.7 Å². The second-order valence-corrected chi connectivity index (χ2v) is 9.50. The Kier molecular flexibility index (Phi) is 7.19. The summed E-state index contributed by atoms with van der Waals surface area (Å²) in [5.41, 5.74) is 4.51. The van der Waals surface area contributed by atoms with Crippen LogP contribution in [0.5, 0.6) is 11.6 Å². The zero-order valence-electron chi connectivity index (χ0n) is 22.1. The molecule has 0 saturated carbocycles. The minimum atomic E-state index is -4.81. The number of hydrogen-bond acceptors (Lipinski definition) is 7. The molecule has 1 aromatic heterocycles. The predicted molar refractivity (Wildman–Crippen MR) is 148 cm³/mol. The molecule has 8 nitrogen and oxygen atoms in total. The van der Waals surface area contributed by atoms with Crippen LogP contribution in [-0.4, -0.2) is 47.3 Å². The largest absolute Gasteiger partial charge is 0.573 e. The number of nitrogens with zero attached hydrogens (tertiary/aromatic N) is 4. The zero-order chi connectivity index (χ0) is 28.4. The van der Waals surface area contributed by atoms with Crippen molar-refractivity contribution < 1.29 is 27.4 Å². The summed E-state index contributed by atoms with van der Waals surface area (Å²) in [6.45, 7) is 1.25. The first kappa shape index (κ1) is 26.6. The lowest BCUT2D eigenvalue weighted by atomic mass is 10.1. The van der Waals surface area contributed by atoms with Gasteiger partial charge in [-0.3, -0.25) is 4.99 Å². The lowest BCUT2D eigenvalue weighted by Crippen LogP contribution is -2.23. The number of nitrogens with one attached hydrogen (secondary N) is 1. The first-order valence-electron chi connectivity index (χ1n) is 13.1. The van der Waals surface area contributed by atoms with Gasteiger partial charge in [-0.25, -0.2) is 9.97 Å². The van der Waals surface area contributed by atoms with Gasteiger partial charge in [0.25, 0.3) is 0 Å². The number of anilines is 2. The fourth-order valence-corrected chi connectivity index (χ4v) is 4.95. The number of aromatic nitrogens is 3. The average molecular weight is 562 g/mol. The fourth-order valence-electron chi connectivity index (χ4n) is 4.95. The van der Waals surface area contributed by atoms with Gasteiger partial charge in [0.2, 0.25) is 5.88 Å².